The van der Waals surface area contributed by atoms with Crippen LogP contribution in [0.1, 0.15) is 27.7 Å². The highest BCUT2D eigenvalue weighted by Gasteiger charge is 2.14. The van der Waals surface area contributed by atoms with Gasteiger partial charge in [0.05, 0.1) is 11.7 Å². The molecule has 2 rings (SSSR count). The van der Waals surface area contributed by atoms with E-state index in [0.717, 1.165) is 5.56 Å². The van der Waals surface area contributed by atoms with Gasteiger partial charge in [0.1, 0.15) is 0 Å². The van der Waals surface area contributed by atoms with Crippen molar-refractivity contribution in [2.75, 3.05) is 13.7 Å². The second-order valence-electron chi connectivity index (χ2n) is 4.63. The van der Waals surface area contributed by atoms with Gasteiger partial charge < -0.3 is 10.1 Å². The van der Waals surface area contributed by atoms with Gasteiger partial charge in [-0.3, -0.25) is 9.78 Å². The molecule has 1 heterocycles. The first-order valence-corrected chi connectivity index (χ1v) is 6.97. The normalized spacial score (nSPS) is 12.0. The van der Waals surface area contributed by atoms with Crippen LogP contribution in [0.3, 0.4) is 0 Å². The third-order valence-corrected chi connectivity index (χ3v) is 3.44. The van der Waals surface area contributed by atoms with Gasteiger partial charge in [-0.1, -0.05) is 23.7 Å². The number of halogens is 1. The van der Waals surface area contributed by atoms with Gasteiger partial charge >= 0.3 is 0 Å². The van der Waals surface area contributed by atoms with E-state index in [-0.39, 0.29) is 12.0 Å². The number of nitrogens with zero attached hydrogens (tertiary/aromatic N) is 1. The Kier molecular flexibility index (Phi) is 5.31. The Morgan fingerprint density at radius 3 is 2.86 bits per heavy atom. The maximum Gasteiger partial charge on any atom is 0.253 e. The lowest BCUT2D eigenvalue weighted by Gasteiger charge is -2.17. The number of benzene rings is 1. The lowest BCUT2D eigenvalue weighted by molar-refractivity contribution is 0.0827. The van der Waals surface area contributed by atoms with Crippen molar-refractivity contribution in [3.8, 4) is 0 Å². The summed E-state index contributed by atoms with van der Waals surface area (Å²) < 4.78 is 5.42. The molecular formula is C16H17ClN2O2. The maximum absolute atomic E-state index is 12.2. The van der Waals surface area contributed by atoms with E-state index in [4.69, 9.17) is 16.3 Å². The quantitative estimate of drug-likeness (QED) is 0.923. The molecular weight excluding hydrogens is 288 g/mol. The monoisotopic (exact) mass is 304 g/mol. The number of nitrogens with one attached hydrogen (secondary N) is 1. The number of rotatable bonds is 5. The van der Waals surface area contributed by atoms with Gasteiger partial charge in [0.2, 0.25) is 0 Å². The van der Waals surface area contributed by atoms with Gasteiger partial charge in [-0.2, -0.15) is 0 Å². The highest BCUT2D eigenvalue weighted by atomic mass is 35.5. The summed E-state index contributed by atoms with van der Waals surface area (Å²) in [5.74, 6) is -0.162. The minimum absolute atomic E-state index is 0.162. The van der Waals surface area contributed by atoms with Crippen LogP contribution in [0.15, 0.2) is 42.6 Å². The Balaban J connectivity index is 2.04. The Hall–Kier alpha value is -1.91. The predicted molar refractivity (Wildman–Crippen MR) is 82.5 cm³/mol. The smallest absolute Gasteiger partial charge is 0.253 e. The number of carbonyl (C=O) groups excluding carboxylic acids is 1. The maximum atomic E-state index is 12.2. The minimum atomic E-state index is -0.246. The fourth-order valence-corrected chi connectivity index (χ4v) is 2.25. The summed E-state index contributed by atoms with van der Waals surface area (Å²) in [5, 5.41) is 3.50. The van der Waals surface area contributed by atoms with Crippen molar-refractivity contribution in [1.29, 1.82) is 0 Å². The van der Waals surface area contributed by atoms with Crippen LogP contribution < -0.4 is 5.32 Å². The number of pyridine rings is 1. The van der Waals surface area contributed by atoms with Crippen molar-refractivity contribution in [3.05, 3.63) is 64.4 Å². The molecule has 5 heteroatoms. The summed E-state index contributed by atoms with van der Waals surface area (Å²) in [7, 11) is 1.60. The molecule has 0 aliphatic rings. The van der Waals surface area contributed by atoms with E-state index in [1.165, 1.54) is 0 Å². The fraction of sp³-hybridized carbons (Fsp3) is 0.250. The molecule has 4 nitrogen and oxygen atoms in total. The molecule has 0 spiro atoms. The third kappa shape index (κ3) is 4.03. The van der Waals surface area contributed by atoms with Gasteiger partial charge in [-0.05, 0) is 36.8 Å². The van der Waals surface area contributed by atoms with Crippen LogP contribution in [-0.2, 0) is 4.74 Å². The van der Waals surface area contributed by atoms with Gasteiger partial charge in [0.25, 0.3) is 5.91 Å². The number of hydrogen-bond acceptors (Lipinski definition) is 3. The van der Waals surface area contributed by atoms with Crippen LogP contribution in [0, 0.1) is 6.92 Å². The first kappa shape index (κ1) is 15.5. The van der Waals surface area contributed by atoms with Gasteiger partial charge in [-0.25, -0.2) is 0 Å². The lowest BCUT2D eigenvalue weighted by Crippen LogP contribution is -2.29. The summed E-state index contributed by atoms with van der Waals surface area (Å²) in [4.78, 5) is 16.3. The van der Waals surface area contributed by atoms with Gasteiger partial charge in [0, 0.05) is 30.6 Å². The molecule has 0 bridgehead atoms. The van der Waals surface area contributed by atoms with E-state index in [1.54, 1.807) is 38.4 Å². The lowest BCUT2D eigenvalue weighted by atomic mass is 10.1. The van der Waals surface area contributed by atoms with Crippen molar-refractivity contribution in [3.63, 3.8) is 0 Å². The number of aryl methyl sites for hydroxylation is 1. The Morgan fingerprint density at radius 1 is 1.38 bits per heavy atom. The van der Waals surface area contributed by atoms with Crippen molar-refractivity contribution < 1.29 is 9.53 Å². The predicted octanol–water partition coefficient (Wildman–Crippen LogP) is 3.16. The zero-order chi connectivity index (χ0) is 15.2. The van der Waals surface area contributed by atoms with E-state index >= 15 is 0 Å². The molecule has 0 saturated heterocycles. The first-order valence-electron chi connectivity index (χ1n) is 6.60. The zero-order valence-electron chi connectivity index (χ0n) is 12.0. The van der Waals surface area contributed by atoms with Crippen LogP contribution in [0.4, 0.5) is 0 Å². The average Bonchev–Trinajstić information content (AvgIpc) is 2.48. The molecule has 110 valence electrons. The highest BCUT2D eigenvalue weighted by molar-refractivity contribution is 6.30. The Morgan fingerprint density at radius 2 is 2.19 bits per heavy atom. The molecule has 1 aromatic heterocycles. The van der Waals surface area contributed by atoms with E-state index in [1.807, 2.05) is 18.2 Å². The van der Waals surface area contributed by atoms with Crippen LogP contribution >= 0.6 is 11.6 Å². The van der Waals surface area contributed by atoms with Crippen molar-refractivity contribution in [2.45, 2.75) is 13.0 Å². The number of carbonyl (C=O) groups is 1. The second-order valence-corrected chi connectivity index (χ2v) is 5.06. The van der Waals surface area contributed by atoms with Gasteiger partial charge in [0.15, 0.2) is 0 Å². The summed E-state index contributed by atoms with van der Waals surface area (Å²) >= 11 is 5.97. The summed E-state index contributed by atoms with van der Waals surface area (Å²) in [6.07, 6.45) is 1.42. The number of methoxy groups -OCH3 is 1. The SMILES string of the molecule is CO[C@@H](CNC(=O)c1cccnc1C)c1cccc(Cl)c1. The number of amides is 1. The minimum Gasteiger partial charge on any atom is -0.375 e. The molecule has 1 amide bonds. The number of hydrogen-bond donors (Lipinski definition) is 1. The van der Waals surface area contributed by atoms with Crippen LogP contribution in [-0.4, -0.2) is 24.5 Å². The molecule has 0 radical (unpaired) electrons. The van der Waals surface area contributed by atoms with Gasteiger partial charge in [-0.15, -0.1) is 0 Å². The molecule has 2 aromatic rings. The van der Waals surface area contributed by atoms with Crippen LogP contribution in [0.2, 0.25) is 5.02 Å². The molecule has 0 saturated carbocycles. The summed E-state index contributed by atoms with van der Waals surface area (Å²) in [5.41, 5.74) is 2.19. The number of ether oxygens (including phenoxy) is 1. The second kappa shape index (κ2) is 7.20. The van der Waals surface area contributed by atoms with Crippen LogP contribution in [0.5, 0.6) is 0 Å². The molecule has 0 aliphatic heterocycles. The Bertz CT molecular complexity index is 631. The van der Waals surface area contributed by atoms with Crippen molar-refractivity contribution >= 4 is 17.5 Å². The third-order valence-electron chi connectivity index (χ3n) is 3.20. The zero-order valence-corrected chi connectivity index (χ0v) is 12.7. The fourth-order valence-electron chi connectivity index (χ4n) is 2.05. The average molecular weight is 305 g/mol. The molecule has 0 aliphatic carbocycles. The molecule has 1 aromatic carbocycles. The van der Waals surface area contributed by atoms with E-state index in [2.05, 4.69) is 10.3 Å². The summed E-state index contributed by atoms with van der Waals surface area (Å²) in [6, 6.07) is 10.9. The van der Waals surface area contributed by atoms with Crippen molar-refractivity contribution in [2.24, 2.45) is 0 Å². The molecule has 21 heavy (non-hydrogen) atoms. The van der Waals surface area contributed by atoms with E-state index in [9.17, 15) is 4.79 Å². The first-order chi connectivity index (χ1) is 10.1. The van der Waals surface area contributed by atoms with E-state index in [0.29, 0.717) is 22.8 Å². The standard InChI is InChI=1S/C16H17ClN2O2/c1-11-14(7-4-8-18-11)16(20)19-10-15(21-2)12-5-3-6-13(17)9-12/h3-9,15H,10H2,1-2H3,(H,19,20)/t15-/m0/s1. The number of aromatic nitrogens is 1. The molecule has 0 fully saturated rings. The highest BCUT2D eigenvalue weighted by Crippen LogP contribution is 2.19. The summed E-state index contributed by atoms with van der Waals surface area (Å²) in [6.45, 7) is 2.17. The molecule has 1 atom stereocenters. The molecule has 0 unspecified atom stereocenters. The largest absolute Gasteiger partial charge is 0.375 e. The van der Waals surface area contributed by atoms with E-state index < -0.39 is 0 Å². The van der Waals surface area contributed by atoms with Crippen LogP contribution in [0.25, 0.3) is 0 Å². The Labute approximate surface area is 129 Å². The van der Waals surface area contributed by atoms with Crippen molar-refractivity contribution in [1.82, 2.24) is 10.3 Å². The molecule has 1 N–H and O–H groups in total. The topological polar surface area (TPSA) is 51.2 Å².